The summed E-state index contributed by atoms with van der Waals surface area (Å²) in [6.45, 7) is 9.43. The van der Waals surface area contributed by atoms with E-state index in [1.54, 1.807) is 0 Å². The average Bonchev–Trinajstić information content (AvgIpc) is 2.90. The van der Waals surface area contributed by atoms with E-state index in [2.05, 4.69) is 12.3 Å². The Labute approximate surface area is 127 Å². The van der Waals surface area contributed by atoms with Crippen LogP contribution >= 0.6 is 0 Å². The van der Waals surface area contributed by atoms with Crippen LogP contribution in [0.5, 0.6) is 0 Å². The van der Waals surface area contributed by atoms with Gasteiger partial charge in [0.2, 0.25) is 0 Å². The third-order valence-corrected chi connectivity index (χ3v) is 3.77. The first-order valence-corrected chi connectivity index (χ1v) is 7.72. The Morgan fingerprint density at radius 1 is 1.33 bits per heavy atom. The fraction of sp³-hybridized carbons (Fsp3) is 0.688. The van der Waals surface area contributed by atoms with Gasteiger partial charge in [-0.25, -0.2) is 4.79 Å². The molecule has 2 heterocycles. The summed E-state index contributed by atoms with van der Waals surface area (Å²) in [5, 5.41) is 0. The van der Waals surface area contributed by atoms with Gasteiger partial charge in [0, 0.05) is 31.5 Å². The molecule has 1 amide bonds. The van der Waals surface area contributed by atoms with E-state index < -0.39 is 5.60 Å². The molecule has 1 saturated heterocycles. The standard InChI is InChI=1S/C16H27N3O2/c1-13(17-19-10-5-6-11-19)14-8-7-9-18(12-14)15(20)21-16(2,3)4/h5-6,10-11,13-14,17H,7-9,12H2,1-4H3. The van der Waals surface area contributed by atoms with Crippen LogP contribution in [0.2, 0.25) is 0 Å². The highest BCUT2D eigenvalue weighted by Gasteiger charge is 2.30. The molecule has 1 N–H and O–H groups in total. The van der Waals surface area contributed by atoms with Crippen molar-refractivity contribution in [2.45, 2.75) is 52.2 Å². The van der Waals surface area contributed by atoms with Gasteiger partial charge in [0.1, 0.15) is 5.60 Å². The highest BCUT2D eigenvalue weighted by molar-refractivity contribution is 5.68. The molecule has 0 radical (unpaired) electrons. The molecule has 5 nitrogen and oxygen atoms in total. The summed E-state index contributed by atoms with van der Waals surface area (Å²) in [5.41, 5.74) is 3.01. The van der Waals surface area contributed by atoms with Crippen molar-refractivity contribution in [2.24, 2.45) is 5.92 Å². The lowest BCUT2D eigenvalue weighted by Gasteiger charge is -2.37. The molecule has 0 saturated carbocycles. The predicted molar refractivity (Wildman–Crippen MR) is 83.8 cm³/mol. The summed E-state index contributed by atoms with van der Waals surface area (Å²) in [6.07, 6.45) is 5.95. The van der Waals surface area contributed by atoms with Crippen LogP contribution in [0.4, 0.5) is 4.79 Å². The number of aromatic nitrogens is 1. The van der Waals surface area contributed by atoms with Crippen LogP contribution in [-0.2, 0) is 4.74 Å². The van der Waals surface area contributed by atoms with E-state index in [0.717, 1.165) is 25.9 Å². The average molecular weight is 293 g/mol. The van der Waals surface area contributed by atoms with Gasteiger partial charge in [0.05, 0.1) is 0 Å². The Balaban J connectivity index is 1.89. The topological polar surface area (TPSA) is 46.5 Å². The number of likely N-dealkylation sites (tertiary alicyclic amines) is 1. The molecule has 21 heavy (non-hydrogen) atoms. The van der Waals surface area contributed by atoms with E-state index in [9.17, 15) is 4.79 Å². The number of carbonyl (C=O) groups is 1. The number of nitrogens with zero attached hydrogens (tertiary/aromatic N) is 2. The van der Waals surface area contributed by atoms with Crippen molar-refractivity contribution in [3.63, 3.8) is 0 Å². The third kappa shape index (κ3) is 4.69. The number of ether oxygens (including phenoxy) is 1. The van der Waals surface area contributed by atoms with E-state index in [0.29, 0.717) is 12.0 Å². The lowest BCUT2D eigenvalue weighted by atomic mass is 9.92. The van der Waals surface area contributed by atoms with Gasteiger partial charge in [-0.15, -0.1) is 0 Å². The number of rotatable bonds is 3. The molecule has 118 valence electrons. The molecule has 0 aliphatic carbocycles. The Hall–Kier alpha value is -1.65. The Bertz CT molecular complexity index is 451. The number of hydrogen-bond donors (Lipinski definition) is 1. The molecule has 5 heteroatoms. The molecule has 1 aliphatic rings. The first-order valence-electron chi connectivity index (χ1n) is 7.72. The van der Waals surface area contributed by atoms with Crippen LogP contribution in [0, 0.1) is 5.92 Å². The largest absolute Gasteiger partial charge is 0.444 e. The zero-order valence-corrected chi connectivity index (χ0v) is 13.5. The van der Waals surface area contributed by atoms with Gasteiger partial charge in [-0.2, -0.15) is 0 Å². The first kappa shape index (κ1) is 15.7. The molecule has 1 aliphatic heterocycles. The fourth-order valence-electron chi connectivity index (χ4n) is 2.67. The molecule has 1 aromatic rings. The quantitative estimate of drug-likeness (QED) is 0.931. The molecule has 2 atom stereocenters. The summed E-state index contributed by atoms with van der Waals surface area (Å²) in [7, 11) is 0. The Morgan fingerprint density at radius 3 is 2.62 bits per heavy atom. The molecular weight excluding hydrogens is 266 g/mol. The molecule has 1 fully saturated rings. The van der Waals surface area contributed by atoms with Gasteiger partial charge in [-0.05, 0) is 58.6 Å². The molecule has 0 aromatic carbocycles. The number of hydrogen-bond acceptors (Lipinski definition) is 3. The van der Waals surface area contributed by atoms with Crippen molar-refractivity contribution in [2.75, 3.05) is 18.5 Å². The molecule has 0 bridgehead atoms. The third-order valence-electron chi connectivity index (χ3n) is 3.77. The number of amides is 1. The summed E-state index contributed by atoms with van der Waals surface area (Å²) in [4.78, 5) is 14.0. The van der Waals surface area contributed by atoms with Crippen LogP contribution in [0.15, 0.2) is 24.5 Å². The zero-order valence-electron chi connectivity index (χ0n) is 13.5. The molecular formula is C16H27N3O2. The van der Waals surface area contributed by atoms with Gasteiger partial charge < -0.3 is 15.1 Å². The van der Waals surface area contributed by atoms with E-state index in [1.807, 2.05) is 54.9 Å². The minimum atomic E-state index is -0.432. The normalized spacial score (nSPS) is 21.0. The van der Waals surface area contributed by atoms with Crippen LogP contribution in [0.3, 0.4) is 0 Å². The van der Waals surface area contributed by atoms with E-state index >= 15 is 0 Å². The molecule has 2 rings (SSSR count). The smallest absolute Gasteiger partial charge is 0.410 e. The summed E-state index contributed by atoms with van der Waals surface area (Å²) >= 11 is 0. The van der Waals surface area contributed by atoms with Gasteiger partial charge in [-0.1, -0.05) is 0 Å². The van der Waals surface area contributed by atoms with Crippen molar-refractivity contribution >= 4 is 6.09 Å². The molecule has 0 spiro atoms. The first-order chi connectivity index (χ1) is 9.85. The zero-order chi connectivity index (χ0) is 15.5. The number of piperidine rings is 1. The second kappa shape index (κ2) is 6.41. The number of carbonyl (C=O) groups excluding carboxylic acids is 1. The Kier molecular flexibility index (Phi) is 4.80. The van der Waals surface area contributed by atoms with Crippen molar-refractivity contribution < 1.29 is 9.53 Å². The number of nitrogens with one attached hydrogen (secondary N) is 1. The van der Waals surface area contributed by atoms with Crippen LogP contribution in [0.25, 0.3) is 0 Å². The van der Waals surface area contributed by atoms with Crippen molar-refractivity contribution in [1.82, 2.24) is 9.58 Å². The highest BCUT2D eigenvalue weighted by Crippen LogP contribution is 2.22. The summed E-state index contributed by atoms with van der Waals surface area (Å²) < 4.78 is 7.44. The lowest BCUT2D eigenvalue weighted by molar-refractivity contribution is 0.0157. The summed E-state index contributed by atoms with van der Waals surface area (Å²) in [6, 6.07) is 4.30. The van der Waals surface area contributed by atoms with Gasteiger partial charge >= 0.3 is 6.09 Å². The van der Waals surface area contributed by atoms with E-state index in [1.165, 1.54) is 0 Å². The van der Waals surface area contributed by atoms with Crippen molar-refractivity contribution in [1.29, 1.82) is 0 Å². The summed E-state index contributed by atoms with van der Waals surface area (Å²) in [5.74, 6) is 0.439. The van der Waals surface area contributed by atoms with Crippen molar-refractivity contribution in [3.8, 4) is 0 Å². The molecule has 2 unspecified atom stereocenters. The fourth-order valence-corrected chi connectivity index (χ4v) is 2.67. The predicted octanol–water partition coefficient (Wildman–Crippen LogP) is 3.07. The van der Waals surface area contributed by atoms with Gasteiger partial charge in [-0.3, -0.25) is 4.68 Å². The van der Waals surface area contributed by atoms with Crippen molar-refractivity contribution in [3.05, 3.63) is 24.5 Å². The van der Waals surface area contributed by atoms with Crippen LogP contribution in [0.1, 0.15) is 40.5 Å². The van der Waals surface area contributed by atoms with E-state index in [4.69, 9.17) is 4.74 Å². The van der Waals surface area contributed by atoms with Crippen LogP contribution < -0.4 is 5.43 Å². The minimum absolute atomic E-state index is 0.194. The maximum Gasteiger partial charge on any atom is 0.410 e. The maximum atomic E-state index is 12.2. The van der Waals surface area contributed by atoms with Gasteiger partial charge in [0.25, 0.3) is 0 Å². The minimum Gasteiger partial charge on any atom is -0.444 e. The maximum absolute atomic E-state index is 12.2. The monoisotopic (exact) mass is 293 g/mol. The van der Waals surface area contributed by atoms with Gasteiger partial charge in [0.15, 0.2) is 0 Å². The second-order valence-electron chi connectivity index (χ2n) is 6.84. The van der Waals surface area contributed by atoms with Crippen LogP contribution in [-0.4, -0.2) is 40.4 Å². The lowest BCUT2D eigenvalue weighted by Crippen LogP contribution is -2.47. The SMILES string of the molecule is CC(Nn1cccc1)C1CCCN(C(=O)OC(C)(C)C)C1. The van der Waals surface area contributed by atoms with E-state index in [-0.39, 0.29) is 6.09 Å². The Morgan fingerprint density at radius 2 is 2.00 bits per heavy atom. The second-order valence-corrected chi connectivity index (χ2v) is 6.84. The highest BCUT2D eigenvalue weighted by atomic mass is 16.6. The molecule has 1 aromatic heterocycles.